The summed E-state index contributed by atoms with van der Waals surface area (Å²) in [6.45, 7) is 3.65. The minimum absolute atomic E-state index is 0.122. The smallest absolute Gasteiger partial charge is 0.410 e. The maximum absolute atomic E-state index is 14.9. The number of esters is 1. The van der Waals surface area contributed by atoms with Crippen molar-refractivity contribution in [1.29, 1.82) is 0 Å². The van der Waals surface area contributed by atoms with Crippen LogP contribution in [0.25, 0.3) is 0 Å². The molecule has 13 heteroatoms. The zero-order valence-corrected chi connectivity index (χ0v) is 24.1. The quantitative estimate of drug-likeness (QED) is 0.413. The first-order valence-electron chi connectivity index (χ1n) is 14.1. The highest BCUT2D eigenvalue weighted by molar-refractivity contribution is 7.89. The predicted octanol–water partition coefficient (Wildman–Crippen LogP) is 4.24. The lowest BCUT2D eigenvalue weighted by Gasteiger charge is -2.45. The van der Waals surface area contributed by atoms with E-state index in [1.165, 1.54) is 23.1 Å². The first-order chi connectivity index (χ1) is 20.0. The summed E-state index contributed by atoms with van der Waals surface area (Å²) in [4.78, 5) is 27.8. The first kappa shape index (κ1) is 30.3. The molecule has 1 saturated carbocycles. The predicted molar refractivity (Wildman–Crippen MR) is 145 cm³/mol. The molecule has 0 radical (unpaired) electrons. The summed E-state index contributed by atoms with van der Waals surface area (Å²) in [5.74, 6) is -3.04. The van der Waals surface area contributed by atoms with E-state index in [2.05, 4.69) is 0 Å². The van der Waals surface area contributed by atoms with Crippen LogP contribution in [0.1, 0.15) is 50.6 Å². The number of rotatable bonds is 8. The number of carbonyl (C=O) groups excluding carboxylic acids is 2. The Kier molecular flexibility index (Phi) is 8.81. The van der Waals surface area contributed by atoms with Crippen molar-refractivity contribution in [3.63, 3.8) is 0 Å². The van der Waals surface area contributed by atoms with E-state index < -0.39 is 56.1 Å². The lowest BCUT2D eigenvalue weighted by Crippen LogP contribution is -2.55. The van der Waals surface area contributed by atoms with E-state index in [0.717, 1.165) is 16.4 Å². The number of ether oxygens (including phenoxy) is 2. The highest BCUT2D eigenvalue weighted by Gasteiger charge is 2.60. The molecule has 2 aliphatic heterocycles. The van der Waals surface area contributed by atoms with Gasteiger partial charge < -0.3 is 14.4 Å². The van der Waals surface area contributed by atoms with Crippen molar-refractivity contribution >= 4 is 22.1 Å². The lowest BCUT2D eigenvalue weighted by atomic mass is 9.90. The third kappa shape index (κ3) is 6.28. The van der Waals surface area contributed by atoms with Gasteiger partial charge in [0.1, 0.15) is 27.9 Å². The second-order valence-electron chi connectivity index (χ2n) is 10.9. The Morgan fingerprint density at radius 1 is 0.976 bits per heavy atom. The fourth-order valence-electron chi connectivity index (χ4n) is 5.97. The molecule has 2 aromatic carbocycles. The van der Waals surface area contributed by atoms with E-state index >= 15 is 0 Å². The van der Waals surface area contributed by atoms with Gasteiger partial charge in [-0.2, -0.15) is 4.31 Å². The minimum atomic E-state index is -4.58. The molecule has 2 aromatic rings. The number of piperazine rings is 1. The number of hydrogen-bond acceptors (Lipinski definition) is 7. The van der Waals surface area contributed by atoms with E-state index in [-0.39, 0.29) is 19.1 Å². The summed E-state index contributed by atoms with van der Waals surface area (Å²) in [5.41, 5.74) is -0.750. The Morgan fingerprint density at radius 2 is 1.69 bits per heavy atom. The molecule has 2 atom stereocenters. The van der Waals surface area contributed by atoms with Crippen LogP contribution < -0.4 is 0 Å². The Hall–Kier alpha value is -3.16. The third-order valence-electron chi connectivity index (χ3n) is 8.18. The number of nitrogens with zero attached hydrogens (tertiary/aromatic N) is 3. The van der Waals surface area contributed by atoms with Crippen molar-refractivity contribution in [2.24, 2.45) is 0 Å². The summed E-state index contributed by atoms with van der Waals surface area (Å²) < 4.78 is 83.3. The van der Waals surface area contributed by atoms with E-state index in [0.29, 0.717) is 69.9 Å². The van der Waals surface area contributed by atoms with E-state index in [1.807, 2.05) is 4.90 Å². The first-order valence-corrected chi connectivity index (χ1v) is 15.6. The number of piperidine rings is 1. The number of carbonyl (C=O) groups is 2. The van der Waals surface area contributed by atoms with Crippen LogP contribution in [0, 0.1) is 17.5 Å². The van der Waals surface area contributed by atoms with Crippen LogP contribution in [0.15, 0.2) is 47.4 Å². The molecule has 42 heavy (non-hydrogen) atoms. The zero-order chi connectivity index (χ0) is 30.1. The van der Waals surface area contributed by atoms with Crippen molar-refractivity contribution < 1.29 is 40.7 Å². The molecule has 0 bridgehead atoms. The summed E-state index contributed by atoms with van der Waals surface area (Å²) in [6, 6.07) is 6.16. The van der Waals surface area contributed by atoms with Gasteiger partial charge in [-0.3, -0.25) is 9.69 Å². The number of sulfonamides is 1. The molecule has 0 unspecified atom stereocenters. The van der Waals surface area contributed by atoms with Gasteiger partial charge in [0, 0.05) is 32.2 Å². The van der Waals surface area contributed by atoms with Crippen LogP contribution in [0.5, 0.6) is 0 Å². The standard InChI is InChI=1S/C29H34F3N3O6S/c1-2-40-27(36)19-33-13-15-34(16-14-33)28(37)41-29(11-12-29)26-8-4-7-24(20-5-3-6-21(30)17-20)35(26)42(38,39)25-10-9-22(31)18-23(25)32/h3,5-6,9-10,17-18,24,26H,2,4,7-8,11-16,19H2,1H3/t24-,26+/m0/s1. The lowest BCUT2D eigenvalue weighted by molar-refractivity contribution is -0.144. The average Bonchev–Trinajstić information content (AvgIpc) is 3.73. The molecule has 3 aliphatic rings. The van der Waals surface area contributed by atoms with Crippen molar-refractivity contribution in [3.8, 4) is 0 Å². The van der Waals surface area contributed by atoms with Crippen LogP contribution in [0.2, 0.25) is 0 Å². The number of benzene rings is 2. The van der Waals surface area contributed by atoms with Crippen LogP contribution in [-0.2, 0) is 24.3 Å². The molecule has 1 amide bonds. The molecule has 228 valence electrons. The Labute approximate surface area is 243 Å². The van der Waals surface area contributed by atoms with Crippen LogP contribution in [0.3, 0.4) is 0 Å². The van der Waals surface area contributed by atoms with E-state index in [1.54, 1.807) is 13.0 Å². The van der Waals surface area contributed by atoms with Gasteiger partial charge in [-0.15, -0.1) is 0 Å². The van der Waals surface area contributed by atoms with Crippen molar-refractivity contribution in [3.05, 3.63) is 65.5 Å². The molecule has 0 N–H and O–H groups in total. The van der Waals surface area contributed by atoms with Crippen molar-refractivity contribution in [2.75, 3.05) is 39.3 Å². The van der Waals surface area contributed by atoms with E-state index in [4.69, 9.17) is 9.47 Å². The van der Waals surface area contributed by atoms with Crippen LogP contribution >= 0.6 is 0 Å². The fourth-order valence-corrected chi connectivity index (χ4v) is 7.94. The van der Waals surface area contributed by atoms with Gasteiger partial charge in [0.25, 0.3) is 0 Å². The molecule has 0 spiro atoms. The summed E-state index contributed by atoms with van der Waals surface area (Å²) in [7, 11) is -4.58. The van der Waals surface area contributed by atoms with Crippen molar-refractivity contribution in [2.45, 2.75) is 61.6 Å². The molecule has 5 rings (SSSR count). The molecule has 2 saturated heterocycles. The van der Waals surface area contributed by atoms with E-state index in [9.17, 15) is 31.2 Å². The Bertz CT molecular complexity index is 1430. The summed E-state index contributed by atoms with van der Waals surface area (Å²) >= 11 is 0. The maximum Gasteiger partial charge on any atom is 0.410 e. The fraction of sp³-hybridized carbons (Fsp3) is 0.517. The normalized spacial score (nSPS) is 22.9. The highest BCUT2D eigenvalue weighted by atomic mass is 32.2. The minimum Gasteiger partial charge on any atom is -0.465 e. The van der Waals surface area contributed by atoms with Crippen LogP contribution in [0.4, 0.5) is 18.0 Å². The molecular weight excluding hydrogens is 575 g/mol. The topological polar surface area (TPSA) is 96.5 Å². The Balaban J connectivity index is 1.40. The SMILES string of the molecule is CCOC(=O)CN1CCN(C(=O)OC2([C@H]3CCC[C@@H](c4cccc(F)c4)N3S(=O)(=O)c3ccc(F)cc3F)CC2)CC1. The zero-order valence-electron chi connectivity index (χ0n) is 23.3. The summed E-state index contributed by atoms with van der Waals surface area (Å²) in [5, 5.41) is 0. The molecular formula is C29H34F3N3O6S. The Morgan fingerprint density at radius 3 is 2.33 bits per heavy atom. The van der Waals surface area contributed by atoms with Gasteiger partial charge in [-0.25, -0.2) is 26.4 Å². The van der Waals surface area contributed by atoms with Crippen LogP contribution in [-0.4, -0.2) is 85.6 Å². The molecule has 3 fully saturated rings. The van der Waals surface area contributed by atoms with Gasteiger partial charge in [0.05, 0.1) is 25.2 Å². The largest absolute Gasteiger partial charge is 0.465 e. The van der Waals surface area contributed by atoms with Crippen molar-refractivity contribution in [1.82, 2.24) is 14.1 Å². The molecule has 0 aromatic heterocycles. The molecule has 2 heterocycles. The summed E-state index contributed by atoms with van der Waals surface area (Å²) in [6.07, 6.45) is 1.46. The second-order valence-corrected chi connectivity index (χ2v) is 12.7. The third-order valence-corrected chi connectivity index (χ3v) is 10.1. The average molecular weight is 610 g/mol. The van der Waals surface area contributed by atoms with Gasteiger partial charge in [0.15, 0.2) is 0 Å². The number of halogens is 3. The van der Waals surface area contributed by atoms with Gasteiger partial charge in [-0.05, 0) is 68.9 Å². The maximum atomic E-state index is 14.9. The van der Waals surface area contributed by atoms with Gasteiger partial charge in [-0.1, -0.05) is 12.1 Å². The van der Waals surface area contributed by atoms with Gasteiger partial charge in [0.2, 0.25) is 10.0 Å². The molecule has 1 aliphatic carbocycles. The number of hydrogen-bond donors (Lipinski definition) is 0. The van der Waals surface area contributed by atoms with Gasteiger partial charge >= 0.3 is 12.1 Å². The molecule has 9 nitrogen and oxygen atoms in total. The highest BCUT2D eigenvalue weighted by Crippen LogP contribution is 2.52. The number of amides is 1. The second kappa shape index (κ2) is 12.2. The monoisotopic (exact) mass is 609 g/mol.